The van der Waals surface area contributed by atoms with Gasteiger partial charge in [-0.05, 0) is 32.1 Å². The monoisotopic (exact) mass is 388 g/mol. The molecular weight excluding hydrogens is 356 g/mol. The number of carbonyl (C=O) groups excluding carboxylic acids is 1. The lowest BCUT2D eigenvalue weighted by molar-refractivity contribution is -0.157. The number of esters is 1. The maximum Gasteiger partial charge on any atom is 0.335 e. The average Bonchev–Trinajstić information content (AvgIpc) is 2.56. The molecule has 0 aliphatic rings. The molecule has 0 aliphatic carbocycles. The van der Waals surface area contributed by atoms with Gasteiger partial charge >= 0.3 is 5.97 Å². The van der Waals surface area contributed by atoms with Crippen LogP contribution >= 0.6 is 15.9 Å². The molecule has 1 atom stereocenters. The smallest absolute Gasteiger partial charge is 0.335 e. The fraction of sp³-hybridized carbons (Fsp3) is 0.842. The molecule has 23 heavy (non-hydrogen) atoms. The summed E-state index contributed by atoms with van der Waals surface area (Å²) >= 11 is 3.43. The van der Waals surface area contributed by atoms with Crippen molar-refractivity contribution in [1.29, 1.82) is 0 Å². The van der Waals surface area contributed by atoms with Crippen molar-refractivity contribution in [2.45, 2.75) is 83.7 Å². The Morgan fingerprint density at radius 2 is 1.61 bits per heavy atom. The quantitative estimate of drug-likeness (QED) is 0.156. The van der Waals surface area contributed by atoms with E-state index in [1.54, 1.807) is 0 Å². The van der Waals surface area contributed by atoms with Crippen LogP contribution in [0.15, 0.2) is 0 Å². The van der Waals surface area contributed by atoms with Crippen molar-refractivity contribution in [2.75, 3.05) is 18.5 Å². The van der Waals surface area contributed by atoms with Crippen molar-refractivity contribution in [1.82, 2.24) is 0 Å². The highest BCUT2D eigenvalue weighted by Gasteiger charge is 2.18. The van der Waals surface area contributed by atoms with Crippen LogP contribution in [0, 0.1) is 12.3 Å². The Morgan fingerprint density at radius 3 is 2.26 bits per heavy atom. The molecule has 0 aromatic rings. The van der Waals surface area contributed by atoms with E-state index in [0.29, 0.717) is 19.6 Å². The van der Waals surface area contributed by atoms with E-state index in [4.69, 9.17) is 15.9 Å². The zero-order valence-electron chi connectivity index (χ0n) is 14.7. The first kappa shape index (κ1) is 22.5. The number of rotatable bonds is 16. The van der Waals surface area contributed by atoms with Crippen molar-refractivity contribution in [2.24, 2.45) is 0 Å². The Kier molecular flexibility index (Phi) is 17.4. The maximum atomic E-state index is 11.9. The molecule has 0 heterocycles. The van der Waals surface area contributed by atoms with Gasteiger partial charge in [-0.2, -0.15) is 0 Å². The van der Waals surface area contributed by atoms with Crippen LogP contribution in [-0.2, 0) is 14.3 Å². The Bertz CT molecular complexity index is 312. The Hall–Kier alpha value is -0.530. The first-order valence-corrected chi connectivity index (χ1v) is 10.2. The van der Waals surface area contributed by atoms with Gasteiger partial charge in [0, 0.05) is 18.4 Å². The van der Waals surface area contributed by atoms with Crippen molar-refractivity contribution in [3.63, 3.8) is 0 Å². The summed E-state index contributed by atoms with van der Waals surface area (Å²) in [4.78, 5) is 11.9. The third kappa shape index (κ3) is 14.8. The van der Waals surface area contributed by atoms with Gasteiger partial charge in [0.05, 0.1) is 6.61 Å². The molecule has 0 aliphatic heterocycles. The summed E-state index contributed by atoms with van der Waals surface area (Å²) in [5.74, 6) is 2.44. The second kappa shape index (κ2) is 17.8. The minimum atomic E-state index is -0.408. The fourth-order valence-electron chi connectivity index (χ4n) is 2.25. The molecule has 1 unspecified atom stereocenters. The topological polar surface area (TPSA) is 35.5 Å². The molecule has 0 N–H and O–H groups in total. The molecule has 0 aromatic heterocycles. The highest BCUT2D eigenvalue weighted by molar-refractivity contribution is 9.09. The number of halogens is 1. The van der Waals surface area contributed by atoms with E-state index in [0.717, 1.165) is 50.3 Å². The van der Waals surface area contributed by atoms with Gasteiger partial charge in [0.1, 0.15) is 0 Å². The number of unbranched alkanes of at least 4 members (excludes halogenated alkanes) is 8. The predicted octanol–water partition coefficient (Wildman–Crippen LogP) is 5.25. The first-order chi connectivity index (χ1) is 11.3. The molecule has 0 amide bonds. The first-order valence-electron chi connectivity index (χ1n) is 9.03. The van der Waals surface area contributed by atoms with E-state index in [2.05, 4.69) is 21.9 Å². The average molecular weight is 389 g/mol. The normalized spacial score (nSPS) is 11.9. The van der Waals surface area contributed by atoms with Gasteiger partial charge in [-0.25, -0.2) is 4.79 Å². The summed E-state index contributed by atoms with van der Waals surface area (Å²) in [5, 5.41) is 1.07. The van der Waals surface area contributed by atoms with Gasteiger partial charge in [-0.1, -0.05) is 55.0 Å². The summed E-state index contributed by atoms with van der Waals surface area (Å²) in [5.41, 5.74) is 0. The lowest BCUT2D eigenvalue weighted by Gasteiger charge is -2.15. The van der Waals surface area contributed by atoms with E-state index >= 15 is 0 Å². The molecule has 0 fully saturated rings. The van der Waals surface area contributed by atoms with Crippen molar-refractivity contribution in [3.05, 3.63) is 0 Å². The van der Waals surface area contributed by atoms with Crippen molar-refractivity contribution in [3.8, 4) is 12.3 Å². The van der Waals surface area contributed by atoms with Crippen LogP contribution in [0.25, 0.3) is 0 Å². The van der Waals surface area contributed by atoms with Crippen LogP contribution in [-0.4, -0.2) is 30.6 Å². The number of hydrogen-bond acceptors (Lipinski definition) is 3. The summed E-state index contributed by atoms with van der Waals surface area (Å²) < 4.78 is 11.0. The summed E-state index contributed by atoms with van der Waals surface area (Å²) in [6.45, 7) is 3.09. The molecule has 0 aromatic carbocycles. The van der Waals surface area contributed by atoms with Crippen molar-refractivity contribution >= 4 is 21.9 Å². The van der Waals surface area contributed by atoms with Crippen LogP contribution in [0.3, 0.4) is 0 Å². The molecule has 3 nitrogen and oxygen atoms in total. The van der Waals surface area contributed by atoms with Crippen LogP contribution in [0.1, 0.15) is 77.6 Å². The van der Waals surface area contributed by atoms with E-state index in [9.17, 15) is 4.79 Å². The molecule has 0 rings (SSSR count). The van der Waals surface area contributed by atoms with E-state index in [1.807, 2.05) is 6.92 Å². The molecule has 134 valence electrons. The highest BCUT2D eigenvalue weighted by Crippen LogP contribution is 2.08. The van der Waals surface area contributed by atoms with Gasteiger partial charge < -0.3 is 9.47 Å². The van der Waals surface area contributed by atoms with Crippen molar-refractivity contribution < 1.29 is 14.3 Å². The standard InChI is InChI=1S/C19H33BrO3/c1-3-5-6-7-10-13-16-22-18(4-2)19(21)23-17-14-11-8-9-12-15-20/h1,18H,4-17H2,2H3. The Labute approximate surface area is 151 Å². The SMILES string of the molecule is C#CCCCCCCOC(CC)C(=O)OCCCCCCCBr. The van der Waals surface area contributed by atoms with Crippen LogP contribution < -0.4 is 0 Å². The number of ether oxygens (including phenoxy) is 2. The van der Waals surface area contributed by atoms with E-state index in [1.165, 1.54) is 19.3 Å². The minimum Gasteiger partial charge on any atom is -0.464 e. The summed E-state index contributed by atoms with van der Waals surface area (Å²) in [6, 6.07) is 0. The number of hydrogen-bond donors (Lipinski definition) is 0. The third-order valence-corrected chi connectivity index (χ3v) is 4.25. The second-order valence-corrected chi connectivity index (χ2v) is 6.55. The molecule has 0 saturated heterocycles. The van der Waals surface area contributed by atoms with Crippen LogP contribution in [0.2, 0.25) is 0 Å². The molecule has 0 saturated carbocycles. The fourth-order valence-corrected chi connectivity index (χ4v) is 2.65. The zero-order valence-corrected chi connectivity index (χ0v) is 16.2. The molecule has 4 heteroatoms. The van der Waals surface area contributed by atoms with Crippen LogP contribution in [0.4, 0.5) is 0 Å². The highest BCUT2D eigenvalue weighted by atomic mass is 79.9. The van der Waals surface area contributed by atoms with Gasteiger partial charge in [-0.3, -0.25) is 0 Å². The molecule has 0 spiro atoms. The maximum absolute atomic E-state index is 11.9. The molecule has 0 radical (unpaired) electrons. The van der Waals surface area contributed by atoms with Gasteiger partial charge in [0.15, 0.2) is 6.10 Å². The van der Waals surface area contributed by atoms with Crippen LogP contribution in [0.5, 0.6) is 0 Å². The lowest BCUT2D eigenvalue weighted by Crippen LogP contribution is -2.26. The van der Waals surface area contributed by atoms with E-state index in [-0.39, 0.29) is 5.97 Å². The lowest BCUT2D eigenvalue weighted by atomic mass is 10.1. The van der Waals surface area contributed by atoms with Gasteiger partial charge in [0.25, 0.3) is 0 Å². The Morgan fingerprint density at radius 1 is 1.00 bits per heavy atom. The summed E-state index contributed by atoms with van der Waals surface area (Å²) in [7, 11) is 0. The number of carbonyl (C=O) groups is 1. The second-order valence-electron chi connectivity index (χ2n) is 5.76. The van der Waals surface area contributed by atoms with E-state index < -0.39 is 6.10 Å². The Balaban J connectivity index is 3.56. The third-order valence-electron chi connectivity index (χ3n) is 3.69. The number of alkyl halides is 1. The molecular formula is C19H33BrO3. The predicted molar refractivity (Wildman–Crippen MR) is 99.8 cm³/mol. The zero-order chi connectivity index (χ0) is 17.2. The summed E-state index contributed by atoms with van der Waals surface area (Å²) in [6.07, 6.45) is 16.3. The minimum absolute atomic E-state index is 0.208. The van der Waals surface area contributed by atoms with Gasteiger partial charge in [0.2, 0.25) is 0 Å². The molecule has 0 bridgehead atoms. The largest absolute Gasteiger partial charge is 0.464 e. The van der Waals surface area contributed by atoms with Gasteiger partial charge in [-0.15, -0.1) is 12.3 Å². The number of terminal acetylenes is 1.